The van der Waals surface area contributed by atoms with Crippen LogP contribution in [0.25, 0.3) is 5.69 Å². The van der Waals surface area contributed by atoms with Crippen LogP contribution in [0.15, 0.2) is 59.8 Å². The topological polar surface area (TPSA) is 73.1 Å². The van der Waals surface area contributed by atoms with Crippen LogP contribution in [0.3, 0.4) is 0 Å². The van der Waals surface area contributed by atoms with Gasteiger partial charge in [-0.1, -0.05) is 42.1 Å². The molecular weight excluding hydrogens is 374 g/mol. The Morgan fingerprint density at radius 1 is 1.14 bits per heavy atom. The van der Waals surface area contributed by atoms with E-state index in [1.54, 1.807) is 4.68 Å². The van der Waals surface area contributed by atoms with Gasteiger partial charge >= 0.3 is 0 Å². The van der Waals surface area contributed by atoms with E-state index in [-0.39, 0.29) is 11.2 Å². The number of ether oxygens (including phenoxy) is 1. The molecule has 0 saturated carbocycles. The molecule has 0 bridgehead atoms. The van der Waals surface area contributed by atoms with Crippen molar-refractivity contribution >= 4 is 23.4 Å². The molecule has 28 heavy (non-hydrogen) atoms. The van der Waals surface area contributed by atoms with Crippen molar-refractivity contribution < 1.29 is 9.53 Å². The molecule has 144 valence electrons. The molecule has 8 heteroatoms. The minimum Gasteiger partial charge on any atom is -0.492 e. The fourth-order valence-corrected chi connectivity index (χ4v) is 4.34. The lowest BCUT2D eigenvalue weighted by Gasteiger charge is -2.31. The van der Waals surface area contributed by atoms with Crippen molar-refractivity contribution in [3.63, 3.8) is 0 Å². The summed E-state index contributed by atoms with van der Waals surface area (Å²) in [7, 11) is 0. The molecule has 1 aliphatic heterocycles. The van der Waals surface area contributed by atoms with E-state index in [0.717, 1.165) is 30.8 Å². The standard InChI is InChI=1S/C20H21N5O2S/c1-2-27-17-12-7-6-11-16(17)25-20(21-22-23-25)28-18-13-8-14-24(19(18)26)15-9-4-3-5-10-15/h3-7,9-12,18H,2,8,13-14H2,1H3. The van der Waals surface area contributed by atoms with Gasteiger partial charge in [-0.3, -0.25) is 4.79 Å². The summed E-state index contributed by atoms with van der Waals surface area (Å²) < 4.78 is 7.34. The smallest absolute Gasteiger partial charge is 0.240 e. The van der Waals surface area contributed by atoms with Crippen LogP contribution >= 0.6 is 11.8 Å². The van der Waals surface area contributed by atoms with Gasteiger partial charge in [-0.05, 0) is 54.5 Å². The summed E-state index contributed by atoms with van der Waals surface area (Å²) in [6.07, 6.45) is 1.74. The zero-order valence-corrected chi connectivity index (χ0v) is 16.4. The van der Waals surface area contributed by atoms with Gasteiger partial charge in [0, 0.05) is 12.2 Å². The maximum atomic E-state index is 13.1. The van der Waals surface area contributed by atoms with E-state index in [2.05, 4.69) is 15.5 Å². The average Bonchev–Trinajstić information content (AvgIpc) is 3.19. The first-order valence-corrected chi connectivity index (χ1v) is 10.2. The molecule has 0 N–H and O–H groups in total. The number of carbonyl (C=O) groups is 1. The van der Waals surface area contributed by atoms with Gasteiger partial charge < -0.3 is 9.64 Å². The van der Waals surface area contributed by atoms with Crippen LogP contribution in [0.1, 0.15) is 19.8 Å². The van der Waals surface area contributed by atoms with Crippen LogP contribution in [0.5, 0.6) is 5.75 Å². The first kappa shape index (κ1) is 18.5. The molecule has 2 aromatic carbocycles. The van der Waals surface area contributed by atoms with E-state index in [0.29, 0.717) is 17.5 Å². The second-order valence-electron chi connectivity index (χ2n) is 6.35. The Bertz CT molecular complexity index is 947. The highest BCUT2D eigenvalue weighted by atomic mass is 32.2. The van der Waals surface area contributed by atoms with Gasteiger partial charge in [0.25, 0.3) is 0 Å². The molecule has 1 aliphatic rings. The number of benzene rings is 2. The molecule has 0 radical (unpaired) electrons. The fourth-order valence-electron chi connectivity index (χ4n) is 3.26. The van der Waals surface area contributed by atoms with Gasteiger partial charge in [0.2, 0.25) is 11.1 Å². The fraction of sp³-hybridized carbons (Fsp3) is 0.300. The zero-order valence-electron chi connectivity index (χ0n) is 15.6. The molecule has 1 amide bonds. The molecule has 1 unspecified atom stereocenters. The van der Waals surface area contributed by atoms with Crippen molar-refractivity contribution in [2.24, 2.45) is 0 Å². The average molecular weight is 395 g/mol. The van der Waals surface area contributed by atoms with E-state index in [1.807, 2.05) is 66.4 Å². The molecule has 1 fully saturated rings. The van der Waals surface area contributed by atoms with E-state index in [1.165, 1.54) is 11.8 Å². The molecule has 1 aromatic heterocycles. The van der Waals surface area contributed by atoms with Gasteiger partial charge in [0.1, 0.15) is 11.4 Å². The minimum atomic E-state index is -0.224. The number of tetrazole rings is 1. The third-order valence-corrected chi connectivity index (χ3v) is 5.73. The summed E-state index contributed by atoms with van der Waals surface area (Å²) in [6.45, 7) is 3.22. The summed E-state index contributed by atoms with van der Waals surface area (Å²) in [5, 5.41) is 12.5. The highest BCUT2D eigenvalue weighted by Gasteiger charge is 2.32. The van der Waals surface area contributed by atoms with Gasteiger partial charge in [-0.2, -0.15) is 4.68 Å². The molecule has 0 aliphatic carbocycles. The highest BCUT2D eigenvalue weighted by molar-refractivity contribution is 8.00. The van der Waals surface area contributed by atoms with Crippen molar-refractivity contribution in [3.8, 4) is 11.4 Å². The second kappa shape index (κ2) is 8.43. The monoisotopic (exact) mass is 395 g/mol. The summed E-state index contributed by atoms with van der Waals surface area (Å²) >= 11 is 1.41. The number of piperidine rings is 1. The number of hydrogen-bond acceptors (Lipinski definition) is 6. The van der Waals surface area contributed by atoms with Crippen LogP contribution in [-0.2, 0) is 4.79 Å². The number of hydrogen-bond donors (Lipinski definition) is 0. The minimum absolute atomic E-state index is 0.0927. The Hall–Kier alpha value is -2.87. The molecular formula is C20H21N5O2S. The SMILES string of the molecule is CCOc1ccccc1-n1nnnc1SC1CCCN(c2ccccc2)C1=O. The van der Waals surface area contributed by atoms with Gasteiger partial charge in [-0.25, -0.2) is 0 Å². The lowest BCUT2D eigenvalue weighted by Crippen LogP contribution is -2.43. The van der Waals surface area contributed by atoms with E-state index < -0.39 is 0 Å². The predicted octanol–water partition coefficient (Wildman–Crippen LogP) is 3.35. The van der Waals surface area contributed by atoms with Crippen LogP contribution in [0.2, 0.25) is 0 Å². The maximum absolute atomic E-state index is 13.1. The number of aromatic nitrogens is 4. The summed E-state index contributed by atoms with van der Waals surface area (Å²) in [6, 6.07) is 17.4. The van der Waals surface area contributed by atoms with Crippen molar-refractivity contribution in [2.45, 2.75) is 30.2 Å². The number of thioether (sulfide) groups is 1. The normalized spacial score (nSPS) is 17.0. The van der Waals surface area contributed by atoms with E-state index in [4.69, 9.17) is 4.74 Å². The Morgan fingerprint density at radius 2 is 1.93 bits per heavy atom. The Kier molecular flexibility index (Phi) is 5.57. The summed E-state index contributed by atoms with van der Waals surface area (Å²) in [4.78, 5) is 14.9. The van der Waals surface area contributed by atoms with Gasteiger partial charge in [0.05, 0.1) is 11.9 Å². The summed E-state index contributed by atoms with van der Waals surface area (Å²) in [5.74, 6) is 0.801. The molecule has 2 heterocycles. The largest absolute Gasteiger partial charge is 0.492 e. The van der Waals surface area contributed by atoms with Crippen molar-refractivity contribution in [3.05, 3.63) is 54.6 Å². The number of anilines is 1. The lowest BCUT2D eigenvalue weighted by atomic mass is 10.1. The van der Waals surface area contributed by atoms with Gasteiger partial charge in [-0.15, -0.1) is 5.10 Å². The van der Waals surface area contributed by atoms with Crippen LogP contribution < -0.4 is 9.64 Å². The second-order valence-corrected chi connectivity index (χ2v) is 7.52. The summed E-state index contributed by atoms with van der Waals surface area (Å²) in [5.41, 5.74) is 1.69. The van der Waals surface area contributed by atoms with Crippen LogP contribution in [-0.4, -0.2) is 44.5 Å². The number of para-hydroxylation sites is 3. The van der Waals surface area contributed by atoms with Crippen LogP contribution in [0, 0.1) is 0 Å². The number of rotatable bonds is 6. The van der Waals surface area contributed by atoms with E-state index >= 15 is 0 Å². The third kappa shape index (κ3) is 3.73. The third-order valence-electron chi connectivity index (χ3n) is 4.54. The van der Waals surface area contributed by atoms with Crippen LogP contribution in [0.4, 0.5) is 5.69 Å². The first-order chi connectivity index (χ1) is 13.8. The van der Waals surface area contributed by atoms with Crippen molar-refractivity contribution in [1.29, 1.82) is 0 Å². The number of amides is 1. The van der Waals surface area contributed by atoms with Crippen molar-refractivity contribution in [1.82, 2.24) is 20.2 Å². The molecule has 3 aromatic rings. The quantitative estimate of drug-likeness (QED) is 0.637. The maximum Gasteiger partial charge on any atom is 0.240 e. The molecule has 0 spiro atoms. The lowest BCUT2D eigenvalue weighted by molar-refractivity contribution is -0.119. The molecule has 4 rings (SSSR count). The predicted molar refractivity (Wildman–Crippen MR) is 108 cm³/mol. The Labute approximate surface area is 167 Å². The molecule has 7 nitrogen and oxygen atoms in total. The van der Waals surface area contributed by atoms with E-state index in [9.17, 15) is 4.79 Å². The Morgan fingerprint density at radius 3 is 2.75 bits per heavy atom. The van der Waals surface area contributed by atoms with Crippen molar-refractivity contribution in [2.75, 3.05) is 18.1 Å². The highest BCUT2D eigenvalue weighted by Crippen LogP contribution is 2.33. The number of carbonyl (C=O) groups excluding carboxylic acids is 1. The number of nitrogens with zero attached hydrogens (tertiary/aromatic N) is 5. The Balaban J connectivity index is 1.58. The first-order valence-electron chi connectivity index (χ1n) is 9.31. The van der Waals surface area contributed by atoms with Gasteiger partial charge in [0.15, 0.2) is 0 Å². The molecule has 1 atom stereocenters. The molecule has 1 saturated heterocycles. The zero-order chi connectivity index (χ0) is 19.3.